The Labute approximate surface area is 184 Å². The number of fused-ring (bicyclic) bond motifs is 1. The number of rotatable bonds is 5. The fourth-order valence-corrected chi connectivity index (χ4v) is 4.22. The fraction of sp³-hybridized carbons (Fsp3) is 0.174. The predicted molar refractivity (Wildman–Crippen MR) is 123 cm³/mol. The maximum Gasteiger partial charge on any atom is 0.172 e. The van der Waals surface area contributed by atoms with Crippen LogP contribution in [0, 0.1) is 19.7 Å². The number of benzene rings is 2. The van der Waals surface area contributed by atoms with E-state index in [1.54, 1.807) is 6.07 Å². The first kappa shape index (κ1) is 20.6. The average molecular weight is 439 g/mol. The van der Waals surface area contributed by atoms with E-state index in [1.807, 2.05) is 44.3 Å². The second kappa shape index (κ2) is 8.58. The molecule has 2 aromatic carbocycles. The lowest BCUT2D eigenvalue weighted by Gasteiger charge is -2.13. The minimum atomic E-state index is -0.423. The van der Waals surface area contributed by atoms with Crippen LogP contribution in [0.25, 0.3) is 22.0 Å². The van der Waals surface area contributed by atoms with Gasteiger partial charge in [0.1, 0.15) is 5.82 Å². The number of hydrogen-bond donors (Lipinski definition) is 1. The highest BCUT2D eigenvalue weighted by molar-refractivity contribution is 8.00. The van der Waals surface area contributed by atoms with Gasteiger partial charge in [-0.3, -0.25) is 0 Å². The molecule has 0 unspecified atom stereocenters. The Balaban J connectivity index is 1.69. The molecule has 7 heteroatoms. The summed E-state index contributed by atoms with van der Waals surface area (Å²) in [5.74, 6) is 0.491. The molecule has 0 atom stereocenters. The first-order chi connectivity index (χ1) is 14.5. The van der Waals surface area contributed by atoms with Crippen LogP contribution in [0.2, 0.25) is 5.02 Å². The summed E-state index contributed by atoms with van der Waals surface area (Å²) in [6, 6.07) is 13.0. The molecular weight excluding hydrogens is 419 g/mol. The third kappa shape index (κ3) is 4.11. The van der Waals surface area contributed by atoms with E-state index < -0.39 is 5.82 Å². The second-order valence-corrected chi connectivity index (χ2v) is 8.19. The van der Waals surface area contributed by atoms with Crippen molar-refractivity contribution in [1.29, 1.82) is 0 Å². The van der Waals surface area contributed by atoms with Crippen molar-refractivity contribution in [3.05, 3.63) is 76.6 Å². The molecule has 2 heterocycles. The molecule has 0 amide bonds. The van der Waals surface area contributed by atoms with Crippen LogP contribution in [0.1, 0.15) is 24.0 Å². The van der Waals surface area contributed by atoms with Crippen LogP contribution in [-0.4, -0.2) is 15.0 Å². The smallest absolute Gasteiger partial charge is 0.172 e. The Morgan fingerprint density at radius 3 is 2.67 bits per heavy atom. The third-order valence-corrected chi connectivity index (χ3v) is 6.15. The highest BCUT2D eigenvalue weighted by atomic mass is 35.5. The number of halogens is 2. The van der Waals surface area contributed by atoms with E-state index in [0.717, 1.165) is 50.4 Å². The second-order valence-electron chi connectivity index (χ2n) is 6.93. The molecule has 4 aromatic rings. The van der Waals surface area contributed by atoms with E-state index in [0.29, 0.717) is 5.02 Å². The van der Waals surface area contributed by atoms with Crippen LogP contribution in [0.15, 0.2) is 53.6 Å². The zero-order valence-electron chi connectivity index (χ0n) is 16.8. The Morgan fingerprint density at radius 2 is 1.90 bits per heavy atom. The topological polar surface area (TPSA) is 50.7 Å². The minimum absolute atomic E-state index is 0.177. The molecule has 2 aromatic heterocycles. The molecule has 0 bridgehead atoms. The summed E-state index contributed by atoms with van der Waals surface area (Å²) in [6.07, 6.45) is 2.64. The van der Waals surface area contributed by atoms with Crippen LogP contribution in [0.3, 0.4) is 0 Å². The first-order valence-corrected chi connectivity index (χ1v) is 10.8. The molecule has 0 aliphatic heterocycles. The summed E-state index contributed by atoms with van der Waals surface area (Å²) in [5, 5.41) is 1.54. The molecule has 4 rings (SSSR count). The van der Waals surface area contributed by atoms with Crippen LogP contribution < -0.4 is 4.72 Å². The third-order valence-electron chi connectivity index (χ3n) is 4.84. The molecule has 0 aliphatic carbocycles. The highest BCUT2D eigenvalue weighted by Crippen LogP contribution is 2.33. The van der Waals surface area contributed by atoms with Gasteiger partial charge in [-0.15, -0.1) is 0 Å². The molecule has 0 fully saturated rings. The van der Waals surface area contributed by atoms with E-state index in [2.05, 4.69) is 32.7 Å². The van der Waals surface area contributed by atoms with Crippen molar-refractivity contribution in [2.45, 2.75) is 32.1 Å². The lowest BCUT2D eigenvalue weighted by atomic mass is 9.98. The lowest BCUT2D eigenvalue weighted by molar-refractivity contribution is 0.627. The van der Waals surface area contributed by atoms with Gasteiger partial charge in [-0.25, -0.2) is 19.3 Å². The van der Waals surface area contributed by atoms with Gasteiger partial charge in [-0.05, 0) is 73.7 Å². The number of pyridine rings is 1. The SMILES string of the molecule is CCc1cc(-c2cc(F)c(NSc3ccccc3Cl)nc2C)cc2cnc(C)nc12. The molecule has 0 radical (unpaired) electrons. The van der Waals surface area contributed by atoms with Gasteiger partial charge in [0, 0.05) is 27.7 Å². The maximum atomic E-state index is 14.9. The van der Waals surface area contributed by atoms with Gasteiger partial charge in [-0.1, -0.05) is 30.7 Å². The number of aromatic nitrogens is 3. The quantitative estimate of drug-likeness (QED) is 0.348. The van der Waals surface area contributed by atoms with Crippen LogP contribution in [0.4, 0.5) is 10.2 Å². The van der Waals surface area contributed by atoms with Crippen molar-refractivity contribution in [3.63, 3.8) is 0 Å². The van der Waals surface area contributed by atoms with E-state index in [9.17, 15) is 4.39 Å². The summed E-state index contributed by atoms with van der Waals surface area (Å²) < 4.78 is 17.8. The Bertz CT molecular complexity index is 1250. The zero-order chi connectivity index (χ0) is 21.3. The molecule has 0 spiro atoms. The Morgan fingerprint density at radius 1 is 1.10 bits per heavy atom. The van der Waals surface area contributed by atoms with Crippen molar-refractivity contribution in [3.8, 4) is 11.1 Å². The molecule has 0 saturated carbocycles. The van der Waals surface area contributed by atoms with E-state index in [4.69, 9.17) is 11.6 Å². The summed E-state index contributed by atoms with van der Waals surface area (Å²) in [5.41, 5.74) is 4.42. The normalized spacial score (nSPS) is 11.1. The Kier molecular flexibility index (Phi) is 5.88. The van der Waals surface area contributed by atoms with Crippen molar-refractivity contribution in [2.75, 3.05) is 4.72 Å². The van der Waals surface area contributed by atoms with Gasteiger partial charge in [-0.2, -0.15) is 0 Å². The molecule has 1 N–H and O–H groups in total. The van der Waals surface area contributed by atoms with Crippen LogP contribution in [-0.2, 0) is 6.42 Å². The summed E-state index contributed by atoms with van der Waals surface area (Å²) >= 11 is 7.40. The molecule has 0 aliphatic rings. The molecule has 152 valence electrons. The van der Waals surface area contributed by atoms with Crippen molar-refractivity contribution >= 4 is 40.3 Å². The summed E-state index contributed by atoms with van der Waals surface area (Å²) in [7, 11) is 0. The van der Waals surface area contributed by atoms with Gasteiger partial charge in [0.25, 0.3) is 0 Å². The largest absolute Gasteiger partial charge is 0.308 e. The van der Waals surface area contributed by atoms with Gasteiger partial charge in [0.2, 0.25) is 0 Å². The predicted octanol–water partition coefficient (Wildman–Crippen LogP) is 6.78. The Hall–Kier alpha value is -2.70. The highest BCUT2D eigenvalue weighted by Gasteiger charge is 2.14. The first-order valence-electron chi connectivity index (χ1n) is 9.57. The molecular formula is C23H20ClFN4S. The number of anilines is 1. The summed E-state index contributed by atoms with van der Waals surface area (Å²) in [6.45, 7) is 5.84. The molecule has 4 nitrogen and oxygen atoms in total. The zero-order valence-corrected chi connectivity index (χ0v) is 18.4. The lowest BCUT2D eigenvalue weighted by Crippen LogP contribution is -2.00. The van der Waals surface area contributed by atoms with Gasteiger partial charge in [0.05, 0.1) is 10.5 Å². The van der Waals surface area contributed by atoms with Gasteiger partial charge >= 0.3 is 0 Å². The van der Waals surface area contributed by atoms with Crippen molar-refractivity contribution < 1.29 is 4.39 Å². The van der Waals surface area contributed by atoms with E-state index in [-0.39, 0.29) is 5.82 Å². The fourth-order valence-electron chi connectivity index (χ4n) is 3.31. The van der Waals surface area contributed by atoms with Gasteiger partial charge < -0.3 is 4.72 Å². The van der Waals surface area contributed by atoms with Crippen molar-refractivity contribution in [1.82, 2.24) is 15.0 Å². The van der Waals surface area contributed by atoms with Crippen LogP contribution in [0.5, 0.6) is 0 Å². The van der Waals surface area contributed by atoms with Crippen LogP contribution >= 0.6 is 23.5 Å². The summed E-state index contributed by atoms with van der Waals surface area (Å²) in [4.78, 5) is 14.1. The number of nitrogens with one attached hydrogen (secondary N) is 1. The number of aryl methyl sites for hydroxylation is 3. The standard InChI is InChI=1S/C23H20ClFN4S/c1-4-15-9-16(10-17-12-26-14(3)28-22(15)17)18-11-20(25)23(27-13(18)2)29-30-21-8-6-5-7-19(21)24/h5-12H,4H2,1-3H3,(H,27,29). The van der Waals surface area contributed by atoms with E-state index >= 15 is 0 Å². The average Bonchev–Trinajstić information content (AvgIpc) is 2.74. The monoisotopic (exact) mass is 438 g/mol. The van der Waals surface area contributed by atoms with Crippen molar-refractivity contribution in [2.24, 2.45) is 0 Å². The minimum Gasteiger partial charge on any atom is -0.308 e. The molecule has 0 saturated heterocycles. The maximum absolute atomic E-state index is 14.9. The number of hydrogen-bond acceptors (Lipinski definition) is 5. The number of nitrogens with zero attached hydrogens (tertiary/aromatic N) is 3. The van der Waals surface area contributed by atoms with E-state index in [1.165, 1.54) is 18.0 Å². The van der Waals surface area contributed by atoms with Gasteiger partial charge in [0.15, 0.2) is 11.6 Å². The molecule has 30 heavy (non-hydrogen) atoms.